The van der Waals surface area contributed by atoms with Crippen LogP contribution in [-0.4, -0.2) is 9.97 Å². The Morgan fingerprint density at radius 3 is 2.54 bits per heavy atom. The van der Waals surface area contributed by atoms with E-state index in [1.165, 1.54) is 31.4 Å². The molecule has 13 heavy (non-hydrogen) atoms. The van der Waals surface area contributed by atoms with E-state index in [0.29, 0.717) is 5.92 Å². The van der Waals surface area contributed by atoms with Crippen molar-refractivity contribution in [3.63, 3.8) is 0 Å². The van der Waals surface area contributed by atoms with Crippen LogP contribution in [0.15, 0.2) is 18.6 Å². The van der Waals surface area contributed by atoms with Gasteiger partial charge in [-0.25, -0.2) is 0 Å². The maximum atomic E-state index is 4.36. The predicted molar refractivity (Wildman–Crippen MR) is 52.4 cm³/mol. The third-order valence-corrected chi connectivity index (χ3v) is 3.02. The Kier molecular flexibility index (Phi) is 2.57. The van der Waals surface area contributed by atoms with Gasteiger partial charge in [-0.15, -0.1) is 0 Å². The van der Waals surface area contributed by atoms with E-state index in [4.69, 9.17) is 0 Å². The first-order valence-corrected chi connectivity index (χ1v) is 5.12. The van der Waals surface area contributed by atoms with Gasteiger partial charge in [0, 0.05) is 24.5 Å². The SMILES string of the molecule is CC1CCC(c2cnccn2)CC1. The minimum Gasteiger partial charge on any atom is -0.261 e. The lowest BCUT2D eigenvalue weighted by Crippen LogP contribution is -2.11. The Morgan fingerprint density at radius 2 is 1.92 bits per heavy atom. The molecule has 1 aliphatic rings. The molecule has 0 N–H and O–H groups in total. The van der Waals surface area contributed by atoms with Crippen LogP contribution in [0, 0.1) is 5.92 Å². The highest BCUT2D eigenvalue weighted by molar-refractivity contribution is 5.04. The third-order valence-electron chi connectivity index (χ3n) is 3.02. The summed E-state index contributed by atoms with van der Waals surface area (Å²) in [5, 5.41) is 0. The smallest absolute Gasteiger partial charge is 0.0617 e. The van der Waals surface area contributed by atoms with Crippen LogP contribution < -0.4 is 0 Å². The molecule has 0 aliphatic heterocycles. The number of aromatic nitrogens is 2. The first-order chi connectivity index (χ1) is 6.36. The van der Waals surface area contributed by atoms with E-state index in [0.717, 1.165) is 5.92 Å². The van der Waals surface area contributed by atoms with E-state index >= 15 is 0 Å². The molecule has 70 valence electrons. The molecule has 1 aliphatic carbocycles. The average Bonchev–Trinajstić information content (AvgIpc) is 2.20. The van der Waals surface area contributed by atoms with Crippen LogP contribution in [0.3, 0.4) is 0 Å². The molecule has 2 nitrogen and oxygen atoms in total. The predicted octanol–water partition coefficient (Wildman–Crippen LogP) is 2.77. The van der Waals surface area contributed by atoms with Crippen molar-refractivity contribution in [3.8, 4) is 0 Å². The van der Waals surface area contributed by atoms with Crippen LogP contribution >= 0.6 is 0 Å². The van der Waals surface area contributed by atoms with Gasteiger partial charge < -0.3 is 0 Å². The molecular formula is C11H16N2. The van der Waals surface area contributed by atoms with Crippen molar-refractivity contribution in [1.29, 1.82) is 0 Å². The molecule has 1 heterocycles. The van der Waals surface area contributed by atoms with Gasteiger partial charge in [-0.2, -0.15) is 0 Å². The van der Waals surface area contributed by atoms with Crippen molar-refractivity contribution < 1.29 is 0 Å². The number of rotatable bonds is 1. The topological polar surface area (TPSA) is 25.8 Å². The van der Waals surface area contributed by atoms with Crippen molar-refractivity contribution in [1.82, 2.24) is 9.97 Å². The first-order valence-electron chi connectivity index (χ1n) is 5.12. The maximum absolute atomic E-state index is 4.36. The van der Waals surface area contributed by atoms with Crippen molar-refractivity contribution in [2.24, 2.45) is 5.92 Å². The zero-order valence-electron chi connectivity index (χ0n) is 8.11. The molecule has 0 atom stereocenters. The van der Waals surface area contributed by atoms with E-state index in [-0.39, 0.29) is 0 Å². The third kappa shape index (κ3) is 2.06. The molecule has 1 aromatic rings. The van der Waals surface area contributed by atoms with Crippen molar-refractivity contribution in [3.05, 3.63) is 24.3 Å². The molecule has 1 fully saturated rings. The van der Waals surface area contributed by atoms with Gasteiger partial charge in [0.1, 0.15) is 0 Å². The minimum absolute atomic E-state index is 0.671. The van der Waals surface area contributed by atoms with E-state index in [1.807, 2.05) is 6.20 Å². The zero-order chi connectivity index (χ0) is 9.10. The van der Waals surface area contributed by atoms with Gasteiger partial charge in [-0.05, 0) is 18.8 Å². The molecule has 1 aromatic heterocycles. The Hall–Kier alpha value is -0.920. The summed E-state index contributed by atoms with van der Waals surface area (Å²) in [6, 6.07) is 0. The highest BCUT2D eigenvalue weighted by Crippen LogP contribution is 2.33. The normalized spacial score (nSPS) is 28.7. The van der Waals surface area contributed by atoms with Crippen molar-refractivity contribution in [2.75, 3.05) is 0 Å². The van der Waals surface area contributed by atoms with Crippen LogP contribution in [0.1, 0.15) is 44.2 Å². The number of hydrogen-bond donors (Lipinski definition) is 0. The summed E-state index contributed by atoms with van der Waals surface area (Å²) in [7, 11) is 0. The van der Waals surface area contributed by atoms with Gasteiger partial charge in [-0.1, -0.05) is 19.8 Å². The minimum atomic E-state index is 0.671. The molecule has 2 heteroatoms. The van der Waals surface area contributed by atoms with Crippen LogP contribution in [0.2, 0.25) is 0 Å². The quantitative estimate of drug-likeness (QED) is 0.657. The largest absolute Gasteiger partial charge is 0.261 e. The summed E-state index contributed by atoms with van der Waals surface area (Å²) in [5.41, 5.74) is 1.19. The second kappa shape index (κ2) is 3.86. The Balaban J connectivity index is 2.03. The van der Waals surface area contributed by atoms with Gasteiger partial charge in [0.05, 0.1) is 5.69 Å². The van der Waals surface area contributed by atoms with Crippen molar-refractivity contribution >= 4 is 0 Å². The van der Waals surface area contributed by atoms with Gasteiger partial charge >= 0.3 is 0 Å². The molecule has 1 saturated carbocycles. The lowest BCUT2D eigenvalue weighted by molar-refractivity contribution is 0.343. The van der Waals surface area contributed by atoms with Crippen LogP contribution in [0.25, 0.3) is 0 Å². The maximum Gasteiger partial charge on any atom is 0.0617 e. The van der Waals surface area contributed by atoms with Gasteiger partial charge in [0.2, 0.25) is 0 Å². The molecule has 0 unspecified atom stereocenters. The lowest BCUT2D eigenvalue weighted by atomic mass is 9.81. The highest BCUT2D eigenvalue weighted by Gasteiger charge is 2.20. The molecule has 0 spiro atoms. The van der Waals surface area contributed by atoms with Crippen molar-refractivity contribution in [2.45, 2.75) is 38.5 Å². The summed E-state index contributed by atoms with van der Waals surface area (Å²) in [6.45, 7) is 2.34. The molecule has 2 rings (SSSR count). The molecule has 0 radical (unpaired) electrons. The fourth-order valence-electron chi connectivity index (χ4n) is 2.08. The molecule has 0 aromatic carbocycles. The second-order valence-electron chi connectivity index (χ2n) is 4.09. The fraction of sp³-hybridized carbons (Fsp3) is 0.636. The monoisotopic (exact) mass is 176 g/mol. The number of hydrogen-bond acceptors (Lipinski definition) is 2. The summed E-state index contributed by atoms with van der Waals surface area (Å²) in [5.74, 6) is 1.58. The molecule has 0 amide bonds. The van der Waals surface area contributed by atoms with E-state index in [1.54, 1.807) is 12.4 Å². The molecular weight excluding hydrogens is 160 g/mol. The summed E-state index contributed by atoms with van der Waals surface area (Å²) in [6.07, 6.45) is 10.7. The Labute approximate surface area is 79.4 Å². The Morgan fingerprint density at radius 1 is 1.15 bits per heavy atom. The summed E-state index contributed by atoms with van der Waals surface area (Å²) >= 11 is 0. The second-order valence-corrected chi connectivity index (χ2v) is 4.09. The van der Waals surface area contributed by atoms with E-state index in [9.17, 15) is 0 Å². The average molecular weight is 176 g/mol. The van der Waals surface area contributed by atoms with E-state index in [2.05, 4.69) is 16.9 Å². The van der Waals surface area contributed by atoms with E-state index < -0.39 is 0 Å². The lowest BCUT2D eigenvalue weighted by Gasteiger charge is -2.25. The Bertz CT molecular complexity index is 250. The molecule has 0 bridgehead atoms. The van der Waals surface area contributed by atoms with Gasteiger partial charge in [-0.3, -0.25) is 9.97 Å². The zero-order valence-corrected chi connectivity index (χ0v) is 8.11. The summed E-state index contributed by atoms with van der Waals surface area (Å²) in [4.78, 5) is 8.48. The summed E-state index contributed by atoms with van der Waals surface area (Å²) < 4.78 is 0. The number of nitrogens with zero attached hydrogens (tertiary/aromatic N) is 2. The fourth-order valence-corrected chi connectivity index (χ4v) is 2.08. The van der Waals surface area contributed by atoms with Gasteiger partial charge in [0.15, 0.2) is 0 Å². The van der Waals surface area contributed by atoms with Gasteiger partial charge in [0.25, 0.3) is 0 Å². The standard InChI is InChI=1S/C11H16N2/c1-9-2-4-10(5-3-9)11-8-12-6-7-13-11/h6-10H,2-5H2,1H3. The highest BCUT2D eigenvalue weighted by atomic mass is 14.8. The van der Waals surface area contributed by atoms with Crippen LogP contribution in [-0.2, 0) is 0 Å². The molecule has 0 saturated heterocycles. The van der Waals surface area contributed by atoms with Crippen LogP contribution in [0.5, 0.6) is 0 Å². The first kappa shape index (κ1) is 8.67. The van der Waals surface area contributed by atoms with Crippen LogP contribution in [0.4, 0.5) is 0 Å².